The largest absolute Gasteiger partial charge is 0.330 e. The molecule has 0 bridgehead atoms. The van der Waals surface area contributed by atoms with E-state index in [1.165, 1.54) is 0 Å². The van der Waals surface area contributed by atoms with Crippen LogP contribution in [0.2, 0.25) is 0 Å². The molecule has 0 saturated heterocycles. The highest BCUT2D eigenvalue weighted by Gasteiger charge is 2.07. The van der Waals surface area contributed by atoms with Gasteiger partial charge in [0, 0.05) is 17.8 Å². The van der Waals surface area contributed by atoms with Crippen LogP contribution in [0, 0.1) is 18.8 Å². The van der Waals surface area contributed by atoms with Crippen LogP contribution < -0.4 is 5.73 Å². The minimum Gasteiger partial charge on any atom is -0.330 e. The molecule has 0 saturated carbocycles. The first-order valence-electron chi connectivity index (χ1n) is 6.04. The van der Waals surface area contributed by atoms with Gasteiger partial charge in [0.05, 0.1) is 0 Å². The van der Waals surface area contributed by atoms with E-state index in [0.717, 1.165) is 30.1 Å². The summed E-state index contributed by atoms with van der Waals surface area (Å²) < 4.78 is 0. The van der Waals surface area contributed by atoms with E-state index in [1.807, 2.05) is 6.92 Å². The van der Waals surface area contributed by atoms with Gasteiger partial charge in [0.25, 0.3) is 0 Å². The number of nitrogens with two attached hydrogens (primary N) is 1. The lowest BCUT2D eigenvalue weighted by atomic mass is 10.1. The molecule has 3 heteroatoms. The van der Waals surface area contributed by atoms with E-state index < -0.39 is 0 Å². The van der Waals surface area contributed by atoms with Crippen LogP contribution in [0.15, 0.2) is 6.07 Å². The highest BCUT2D eigenvalue weighted by atomic mass is 14.9. The predicted molar refractivity (Wildman–Crippen MR) is 67.2 cm³/mol. The summed E-state index contributed by atoms with van der Waals surface area (Å²) in [5, 5.41) is 0. The molecule has 0 aliphatic rings. The Hall–Kier alpha value is -0.960. The Labute approximate surface area is 98.5 Å². The number of hydrogen-bond donors (Lipinski definition) is 1. The second kappa shape index (κ2) is 5.94. The van der Waals surface area contributed by atoms with Crippen molar-refractivity contribution in [2.75, 3.05) is 6.54 Å². The number of aromatic nitrogens is 2. The van der Waals surface area contributed by atoms with Crippen LogP contribution in [0.1, 0.15) is 38.0 Å². The standard InChI is InChI=1S/C13H23N3/c1-9(2)5-12-7-11(4)15-13(16-12)6-10(3)8-14/h7,9-10H,5-6,8,14H2,1-4H3. The van der Waals surface area contributed by atoms with Gasteiger partial charge >= 0.3 is 0 Å². The van der Waals surface area contributed by atoms with Gasteiger partial charge < -0.3 is 5.73 Å². The Kier molecular flexibility index (Phi) is 4.87. The molecule has 0 radical (unpaired) electrons. The lowest BCUT2D eigenvalue weighted by Gasteiger charge is -2.10. The zero-order chi connectivity index (χ0) is 12.1. The van der Waals surface area contributed by atoms with E-state index in [4.69, 9.17) is 5.73 Å². The lowest BCUT2D eigenvalue weighted by Crippen LogP contribution is -2.15. The second-order valence-corrected chi connectivity index (χ2v) is 5.06. The first-order valence-corrected chi connectivity index (χ1v) is 6.04. The van der Waals surface area contributed by atoms with Gasteiger partial charge in [-0.15, -0.1) is 0 Å². The normalized spacial score (nSPS) is 13.1. The van der Waals surface area contributed by atoms with Crippen LogP contribution in [0.4, 0.5) is 0 Å². The van der Waals surface area contributed by atoms with Crippen LogP contribution in [0.5, 0.6) is 0 Å². The van der Waals surface area contributed by atoms with E-state index in [9.17, 15) is 0 Å². The number of aryl methyl sites for hydroxylation is 1. The quantitative estimate of drug-likeness (QED) is 0.828. The average molecular weight is 221 g/mol. The van der Waals surface area contributed by atoms with E-state index in [-0.39, 0.29) is 0 Å². The molecule has 3 nitrogen and oxygen atoms in total. The minimum absolute atomic E-state index is 0.452. The van der Waals surface area contributed by atoms with Crippen LogP contribution in [0.25, 0.3) is 0 Å². The van der Waals surface area contributed by atoms with Gasteiger partial charge in [-0.05, 0) is 37.8 Å². The molecule has 1 heterocycles. The molecule has 0 aromatic carbocycles. The fraction of sp³-hybridized carbons (Fsp3) is 0.692. The van der Waals surface area contributed by atoms with Gasteiger partial charge in [0.15, 0.2) is 0 Å². The van der Waals surface area contributed by atoms with Crippen molar-refractivity contribution in [2.24, 2.45) is 17.6 Å². The molecule has 1 aromatic heterocycles. The maximum absolute atomic E-state index is 5.62. The summed E-state index contributed by atoms with van der Waals surface area (Å²) in [6.45, 7) is 9.27. The minimum atomic E-state index is 0.452. The van der Waals surface area contributed by atoms with E-state index >= 15 is 0 Å². The fourth-order valence-corrected chi connectivity index (χ4v) is 1.71. The molecule has 0 aliphatic carbocycles. The molecule has 1 unspecified atom stereocenters. The summed E-state index contributed by atoms with van der Waals surface area (Å²) >= 11 is 0. The van der Waals surface area contributed by atoms with E-state index in [2.05, 4.69) is 36.8 Å². The fourth-order valence-electron chi connectivity index (χ4n) is 1.71. The van der Waals surface area contributed by atoms with Crippen molar-refractivity contribution in [2.45, 2.75) is 40.5 Å². The maximum atomic E-state index is 5.62. The van der Waals surface area contributed by atoms with Gasteiger partial charge in [-0.1, -0.05) is 20.8 Å². The topological polar surface area (TPSA) is 51.8 Å². The monoisotopic (exact) mass is 221 g/mol. The summed E-state index contributed by atoms with van der Waals surface area (Å²) in [6, 6.07) is 2.08. The highest BCUT2D eigenvalue weighted by Crippen LogP contribution is 2.09. The first kappa shape index (κ1) is 13.1. The summed E-state index contributed by atoms with van der Waals surface area (Å²) in [5.41, 5.74) is 7.84. The Morgan fingerprint density at radius 2 is 1.88 bits per heavy atom. The van der Waals surface area contributed by atoms with Crippen LogP contribution >= 0.6 is 0 Å². The predicted octanol–water partition coefficient (Wildman–Crippen LogP) is 2.12. The molecule has 90 valence electrons. The molecule has 0 aliphatic heterocycles. The van der Waals surface area contributed by atoms with Crippen molar-refractivity contribution in [3.05, 3.63) is 23.3 Å². The third-order valence-electron chi connectivity index (χ3n) is 2.50. The molecule has 1 rings (SSSR count). The van der Waals surface area contributed by atoms with Gasteiger partial charge in [0.1, 0.15) is 5.82 Å². The summed E-state index contributed by atoms with van der Waals surface area (Å²) in [4.78, 5) is 9.06. The number of rotatable bonds is 5. The zero-order valence-corrected chi connectivity index (χ0v) is 10.8. The molecule has 0 amide bonds. The number of nitrogens with zero attached hydrogens (tertiary/aromatic N) is 2. The van der Waals surface area contributed by atoms with Crippen molar-refractivity contribution in [3.63, 3.8) is 0 Å². The third kappa shape index (κ3) is 4.27. The molecule has 0 spiro atoms. The zero-order valence-electron chi connectivity index (χ0n) is 10.8. The van der Waals surface area contributed by atoms with Crippen molar-refractivity contribution < 1.29 is 0 Å². The Morgan fingerprint density at radius 1 is 1.19 bits per heavy atom. The van der Waals surface area contributed by atoms with Crippen molar-refractivity contribution >= 4 is 0 Å². The van der Waals surface area contributed by atoms with Crippen molar-refractivity contribution in [1.29, 1.82) is 0 Å². The van der Waals surface area contributed by atoms with Crippen molar-refractivity contribution in [3.8, 4) is 0 Å². The average Bonchev–Trinajstić information content (AvgIpc) is 2.15. The van der Waals surface area contributed by atoms with Crippen molar-refractivity contribution in [1.82, 2.24) is 9.97 Å². The molecular formula is C13H23N3. The van der Waals surface area contributed by atoms with Gasteiger partial charge in [0.2, 0.25) is 0 Å². The third-order valence-corrected chi connectivity index (χ3v) is 2.50. The highest BCUT2D eigenvalue weighted by molar-refractivity contribution is 5.11. The van der Waals surface area contributed by atoms with Gasteiger partial charge in [-0.3, -0.25) is 0 Å². The first-order chi connectivity index (χ1) is 7.51. The van der Waals surface area contributed by atoms with Crippen LogP contribution in [0.3, 0.4) is 0 Å². The Bertz CT molecular complexity index is 334. The summed E-state index contributed by atoms with van der Waals surface area (Å²) in [7, 11) is 0. The lowest BCUT2D eigenvalue weighted by molar-refractivity contribution is 0.564. The summed E-state index contributed by atoms with van der Waals surface area (Å²) in [6.07, 6.45) is 1.90. The molecule has 1 atom stereocenters. The molecular weight excluding hydrogens is 198 g/mol. The molecule has 16 heavy (non-hydrogen) atoms. The SMILES string of the molecule is Cc1cc(CC(C)C)nc(CC(C)CN)n1. The molecule has 1 aromatic rings. The van der Waals surface area contributed by atoms with E-state index in [0.29, 0.717) is 18.4 Å². The maximum Gasteiger partial charge on any atom is 0.129 e. The second-order valence-electron chi connectivity index (χ2n) is 5.06. The van der Waals surface area contributed by atoms with Crippen LogP contribution in [-0.2, 0) is 12.8 Å². The molecule has 2 N–H and O–H groups in total. The smallest absolute Gasteiger partial charge is 0.129 e. The Balaban J connectivity index is 2.81. The van der Waals surface area contributed by atoms with Gasteiger partial charge in [-0.25, -0.2) is 9.97 Å². The van der Waals surface area contributed by atoms with Crippen LogP contribution in [-0.4, -0.2) is 16.5 Å². The van der Waals surface area contributed by atoms with E-state index in [1.54, 1.807) is 0 Å². The van der Waals surface area contributed by atoms with Gasteiger partial charge in [-0.2, -0.15) is 0 Å². The Morgan fingerprint density at radius 3 is 2.44 bits per heavy atom. The summed E-state index contributed by atoms with van der Waals surface area (Å²) in [5.74, 6) is 2.02. The molecule has 0 fully saturated rings. The number of hydrogen-bond acceptors (Lipinski definition) is 3.